The Balaban J connectivity index is 0.959. The van der Waals surface area contributed by atoms with Gasteiger partial charge in [0.05, 0.1) is 16.5 Å². The number of nitrogens with zero attached hydrogens (tertiary/aromatic N) is 3. The summed E-state index contributed by atoms with van der Waals surface area (Å²) in [5.41, 5.74) is 12.8. The van der Waals surface area contributed by atoms with Crippen molar-refractivity contribution in [1.82, 2.24) is 34.1 Å². The number of nitrogens with two attached hydrogens (primary N) is 1. The van der Waals surface area contributed by atoms with Crippen LogP contribution in [0.25, 0.3) is 77.1 Å². The minimum Gasteiger partial charge on any atom is -0.477 e. The molecule has 8 N–H and O–H groups in total. The zero-order valence-corrected chi connectivity index (χ0v) is 37.7. The van der Waals surface area contributed by atoms with E-state index in [4.69, 9.17) is 17.3 Å². The van der Waals surface area contributed by atoms with E-state index >= 15 is 0 Å². The van der Waals surface area contributed by atoms with Gasteiger partial charge in [0.2, 0.25) is 11.5 Å². The maximum absolute atomic E-state index is 14.4. The molecule has 12 rings (SSSR count). The molecule has 10 aromatic rings. The second-order valence-corrected chi connectivity index (χ2v) is 18.5. The Bertz CT molecular complexity index is 4230. The fourth-order valence-corrected chi connectivity index (χ4v) is 11.1. The number of aromatic nitrogens is 7. The third-order valence-corrected chi connectivity index (χ3v) is 14.4. The van der Waals surface area contributed by atoms with Gasteiger partial charge in [-0.1, -0.05) is 23.7 Å². The average Bonchev–Trinajstić information content (AvgIpc) is 4.12. The number of carboxylic acids is 2. The number of halogens is 1. The Morgan fingerprint density at radius 1 is 0.629 bits per heavy atom. The molecule has 0 spiro atoms. The smallest absolute Gasteiger partial charge is 0.353 e. The largest absolute Gasteiger partial charge is 0.477 e. The number of aryl methyl sites for hydroxylation is 4. The molecule has 2 aliphatic carbocycles. The molecule has 0 bridgehead atoms. The third kappa shape index (κ3) is 6.77. The SMILES string of the molecule is Nc1nc2cc(Cl)c(Cn3c(C(=O)O)c(-c4ccc(-c5ccc6c(Cn7c(C(=O)O)c(-c8ccc[nH]c8=O)c8cc9c(cc87)CCC9)cc(=O)[nH]c6c5)[nH]c4=O)c4cc5c(cc43)CCC5)cc2c(=O)[nH]1. The summed E-state index contributed by atoms with van der Waals surface area (Å²) in [5, 5.41) is 24.1. The lowest BCUT2D eigenvalue weighted by molar-refractivity contribution is 0.0676. The standard InChI is InChI=1S/C53H39ClN8O8/c54-37-21-40-34(50(66)60-53(55)59-40)16-30(37)23-62-42-19-27-7-2-5-25(27)15-36(42)45(47(62)52(69)70)33-11-12-38(58-49(33)65)28-9-10-31-29(20-43(63)57-39(31)17-28)22-61-41-18-26-6-1-4-24(26)14-35(41)44(46(61)51(67)68)32-8-3-13-56-48(32)64/h3,8-21H,1-2,4-7,22-23H2,(H,56,64)(H,57,63)(H,58,65)(H,67,68)(H,69,70)(H3,55,59,60,66). The third-order valence-electron chi connectivity index (χ3n) is 14.0. The number of carboxylic acid groups (broad SMARTS) is 2. The molecule has 0 atom stereocenters. The van der Waals surface area contributed by atoms with Crippen molar-refractivity contribution in [2.45, 2.75) is 51.6 Å². The number of pyridine rings is 3. The highest BCUT2D eigenvalue weighted by atomic mass is 35.5. The van der Waals surface area contributed by atoms with Crippen LogP contribution in [0.2, 0.25) is 5.02 Å². The van der Waals surface area contributed by atoms with Crippen molar-refractivity contribution in [2.24, 2.45) is 0 Å². The summed E-state index contributed by atoms with van der Waals surface area (Å²) in [6, 6.07) is 24.3. The normalized spacial score (nSPS) is 13.2. The molecule has 16 nitrogen and oxygen atoms in total. The number of benzene rings is 4. The molecule has 0 radical (unpaired) electrons. The zero-order chi connectivity index (χ0) is 48.3. The van der Waals surface area contributed by atoms with Gasteiger partial charge in [0.1, 0.15) is 11.4 Å². The van der Waals surface area contributed by atoms with E-state index in [0.717, 1.165) is 60.8 Å². The second-order valence-electron chi connectivity index (χ2n) is 18.1. The number of hydrogen-bond acceptors (Lipinski definition) is 8. The summed E-state index contributed by atoms with van der Waals surface area (Å²) >= 11 is 6.77. The number of nitrogens with one attached hydrogen (secondary N) is 4. The molecule has 70 heavy (non-hydrogen) atoms. The van der Waals surface area contributed by atoms with E-state index in [1.54, 1.807) is 57.7 Å². The topological polar surface area (TPSA) is 255 Å². The van der Waals surface area contributed by atoms with Gasteiger partial charge in [0.25, 0.3) is 16.7 Å². The van der Waals surface area contributed by atoms with Crippen LogP contribution in [0.3, 0.4) is 0 Å². The molecule has 2 aliphatic rings. The first-order valence-corrected chi connectivity index (χ1v) is 23.1. The Hall–Kier alpha value is -8.76. The molecule has 17 heteroatoms. The summed E-state index contributed by atoms with van der Waals surface area (Å²) in [4.78, 5) is 95.8. The van der Waals surface area contributed by atoms with Crippen LogP contribution in [0.5, 0.6) is 0 Å². The number of nitrogen functional groups attached to an aromatic ring is 1. The van der Waals surface area contributed by atoms with Gasteiger partial charge in [0.15, 0.2) is 0 Å². The molecule has 0 fully saturated rings. The van der Waals surface area contributed by atoms with E-state index in [9.17, 15) is 39.0 Å². The number of H-pyrrole nitrogens is 4. The number of aromatic amines is 4. The molecule has 6 heterocycles. The van der Waals surface area contributed by atoms with Gasteiger partial charge in [-0.3, -0.25) is 24.2 Å². The Morgan fingerprint density at radius 3 is 1.86 bits per heavy atom. The number of anilines is 1. The number of carbonyl (C=O) groups is 2. The number of aromatic carboxylic acids is 2. The van der Waals surface area contributed by atoms with Gasteiger partial charge in [-0.15, -0.1) is 0 Å². The molecule has 0 saturated heterocycles. The van der Waals surface area contributed by atoms with E-state index < -0.39 is 34.2 Å². The Morgan fingerprint density at radius 2 is 1.24 bits per heavy atom. The van der Waals surface area contributed by atoms with E-state index in [2.05, 4.69) is 24.9 Å². The molecule has 0 saturated carbocycles. The minimum atomic E-state index is -1.27. The van der Waals surface area contributed by atoms with E-state index in [0.29, 0.717) is 60.7 Å². The van der Waals surface area contributed by atoms with Crippen molar-refractivity contribution in [2.75, 3.05) is 5.73 Å². The van der Waals surface area contributed by atoms with Gasteiger partial charge >= 0.3 is 11.9 Å². The van der Waals surface area contributed by atoms with Crippen LogP contribution in [0.4, 0.5) is 5.95 Å². The highest BCUT2D eigenvalue weighted by molar-refractivity contribution is 6.32. The monoisotopic (exact) mass is 950 g/mol. The maximum Gasteiger partial charge on any atom is 0.353 e. The first-order chi connectivity index (χ1) is 33.8. The van der Waals surface area contributed by atoms with Gasteiger partial charge in [-0.25, -0.2) is 14.6 Å². The van der Waals surface area contributed by atoms with Crippen molar-refractivity contribution in [1.29, 1.82) is 0 Å². The van der Waals surface area contributed by atoms with Gasteiger partial charge in [-0.2, -0.15) is 0 Å². The highest BCUT2D eigenvalue weighted by Gasteiger charge is 2.30. The van der Waals surface area contributed by atoms with E-state index in [1.165, 1.54) is 18.3 Å². The van der Waals surface area contributed by atoms with E-state index in [1.807, 2.05) is 24.3 Å². The Kier molecular flexibility index (Phi) is 9.68. The van der Waals surface area contributed by atoms with Gasteiger partial charge < -0.3 is 40.0 Å². The van der Waals surface area contributed by atoms with Crippen LogP contribution in [-0.4, -0.2) is 56.2 Å². The Labute approximate surface area is 398 Å². The molecular weight excluding hydrogens is 912 g/mol. The van der Waals surface area contributed by atoms with Crippen molar-refractivity contribution in [3.63, 3.8) is 0 Å². The summed E-state index contributed by atoms with van der Waals surface area (Å²) < 4.78 is 3.28. The number of fused-ring (bicyclic) bond motifs is 6. The van der Waals surface area contributed by atoms with E-state index in [-0.39, 0.29) is 63.0 Å². The molecule has 0 amide bonds. The molecule has 0 unspecified atom stereocenters. The summed E-state index contributed by atoms with van der Waals surface area (Å²) in [7, 11) is 0. The molecule has 0 aliphatic heterocycles. The van der Waals surface area contributed by atoms with Crippen molar-refractivity contribution in [3.8, 4) is 33.5 Å². The first-order valence-electron chi connectivity index (χ1n) is 22.7. The maximum atomic E-state index is 14.4. The van der Waals surface area contributed by atoms with Crippen LogP contribution in [-0.2, 0) is 38.8 Å². The fraction of sp³-hybridized carbons (Fsp3) is 0.151. The number of rotatable bonds is 9. The highest BCUT2D eigenvalue weighted by Crippen LogP contribution is 2.41. The first kappa shape index (κ1) is 42.6. The summed E-state index contributed by atoms with van der Waals surface area (Å²) in [6.07, 6.45) is 6.68. The van der Waals surface area contributed by atoms with Gasteiger partial charge in [-0.05, 0) is 139 Å². The fourth-order valence-electron chi connectivity index (χ4n) is 10.9. The van der Waals surface area contributed by atoms with Crippen LogP contribution in [0.1, 0.15) is 67.2 Å². The summed E-state index contributed by atoms with van der Waals surface area (Å²) in [5.74, 6) is -2.56. The van der Waals surface area contributed by atoms with Crippen molar-refractivity contribution < 1.29 is 19.8 Å². The van der Waals surface area contributed by atoms with Crippen LogP contribution in [0, 0.1) is 0 Å². The lowest BCUT2D eigenvalue weighted by Crippen LogP contribution is -2.15. The van der Waals surface area contributed by atoms with Crippen molar-refractivity contribution in [3.05, 3.63) is 182 Å². The lowest BCUT2D eigenvalue weighted by atomic mass is 9.99. The zero-order valence-electron chi connectivity index (χ0n) is 37.0. The number of hydrogen-bond donors (Lipinski definition) is 7. The molecule has 4 aromatic carbocycles. The van der Waals surface area contributed by atoms with Gasteiger partial charge in [0, 0.05) is 91.0 Å². The predicted octanol–water partition coefficient (Wildman–Crippen LogP) is 7.76. The molecule has 6 aromatic heterocycles. The van der Waals surface area contributed by atoms with Crippen molar-refractivity contribution >= 4 is 73.1 Å². The van der Waals surface area contributed by atoms with Crippen LogP contribution >= 0.6 is 11.6 Å². The second kappa shape index (κ2) is 15.9. The molecular formula is C53H39ClN8O8. The molecule has 346 valence electrons. The van der Waals surface area contributed by atoms with Crippen LogP contribution < -0.4 is 28.0 Å². The lowest BCUT2D eigenvalue weighted by Gasteiger charge is -2.13. The summed E-state index contributed by atoms with van der Waals surface area (Å²) in [6.45, 7) is -0.0513. The van der Waals surface area contributed by atoms with Crippen LogP contribution in [0.15, 0.2) is 110 Å². The average molecular weight is 951 g/mol. The minimum absolute atomic E-state index is 0.00658. The predicted molar refractivity (Wildman–Crippen MR) is 268 cm³/mol. The quantitative estimate of drug-likeness (QED) is 0.0740.